The molecule has 0 aliphatic rings. The lowest BCUT2D eigenvalue weighted by Gasteiger charge is -2.09. The molecule has 0 amide bonds. The Bertz CT molecular complexity index is 563. The van der Waals surface area contributed by atoms with Crippen molar-refractivity contribution in [2.24, 2.45) is 0 Å². The first-order valence-corrected chi connectivity index (χ1v) is 7.00. The van der Waals surface area contributed by atoms with Crippen LogP contribution < -0.4 is 10.1 Å². The Labute approximate surface area is 126 Å². The van der Waals surface area contributed by atoms with Crippen LogP contribution in [0, 0.1) is 0 Å². The number of aromatic nitrogens is 1. The summed E-state index contributed by atoms with van der Waals surface area (Å²) in [5.74, 6) is 0.648. The Balaban J connectivity index is 1.98. The first-order chi connectivity index (χ1) is 9.20. The van der Waals surface area contributed by atoms with Crippen LogP contribution in [-0.2, 0) is 13.1 Å². The SMILES string of the molecule is COc1ncccc1CNCc1cc(Br)ccc1Cl. The normalized spacial score (nSPS) is 10.5. The summed E-state index contributed by atoms with van der Waals surface area (Å²) in [5.41, 5.74) is 2.08. The molecule has 100 valence electrons. The van der Waals surface area contributed by atoms with Crippen LogP contribution in [0.2, 0.25) is 5.02 Å². The summed E-state index contributed by atoms with van der Waals surface area (Å²) in [6.07, 6.45) is 1.72. The van der Waals surface area contributed by atoms with Crippen LogP contribution >= 0.6 is 27.5 Å². The summed E-state index contributed by atoms with van der Waals surface area (Å²) in [4.78, 5) is 4.16. The fourth-order valence-electron chi connectivity index (χ4n) is 1.75. The number of methoxy groups -OCH3 is 1. The average molecular weight is 342 g/mol. The van der Waals surface area contributed by atoms with Crippen molar-refractivity contribution in [3.05, 3.63) is 57.2 Å². The largest absolute Gasteiger partial charge is 0.481 e. The molecule has 0 fully saturated rings. The zero-order chi connectivity index (χ0) is 13.7. The van der Waals surface area contributed by atoms with Crippen molar-refractivity contribution >= 4 is 27.5 Å². The third kappa shape index (κ3) is 3.93. The lowest BCUT2D eigenvalue weighted by atomic mass is 10.2. The van der Waals surface area contributed by atoms with Crippen molar-refractivity contribution in [2.75, 3.05) is 7.11 Å². The van der Waals surface area contributed by atoms with Crippen molar-refractivity contribution < 1.29 is 4.74 Å². The van der Waals surface area contributed by atoms with Gasteiger partial charge in [-0.15, -0.1) is 0 Å². The number of pyridine rings is 1. The molecule has 0 radical (unpaired) electrons. The maximum absolute atomic E-state index is 6.14. The van der Waals surface area contributed by atoms with Crippen molar-refractivity contribution in [3.63, 3.8) is 0 Å². The van der Waals surface area contributed by atoms with Crippen LogP contribution in [0.4, 0.5) is 0 Å². The van der Waals surface area contributed by atoms with Crippen LogP contribution in [0.25, 0.3) is 0 Å². The predicted octanol–water partition coefficient (Wildman–Crippen LogP) is 3.80. The van der Waals surface area contributed by atoms with E-state index in [1.54, 1.807) is 13.3 Å². The minimum atomic E-state index is 0.648. The van der Waals surface area contributed by atoms with E-state index in [9.17, 15) is 0 Å². The molecule has 1 aromatic carbocycles. The van der Waals surface area contributed by atoms with Gasteiger partial charge in [0.1, 0.15) is 0 Å². The highest BCUT2D eigenvalue weighted by Crippen LogP contribution is 2.21. The van der Waals surface area contributed by atoms with Gasteiger partial charge in [0.15, 0.2) is 0 Å². The number of ether oxygens (including phenoxy) is 1. The molecule has 0 aliphatic carbocycles. The van der Waals surface area contributed by atoms with E-state index in [1.165, 1.54) is 0 Å². The third-order valence-corrected chi connectivity index (χ3v) is 3.54. The zero-order valence-corrected chi connectivity index (χ0v) is 12.8. The predicted molar refractivity (Wildman–Crippen MR) is 80.5 cm³/mol. The number of hydrogen-bond donors (Lipinski definition) is 1. The summed E-state index contributed by atoms with van der Waals surface area (Å²) in [5, 5.41) is 4.09. The van der Waals surface area contributed by atoms with Gasteiger partial charge in [0, 0.05) is 34.3 Å². The number of benzene rings is 1. The van der Waals surface area contributed by atoms with Gasteiger partial charge >= 0.3 is 0 Å². The van der Waals surface area contributed by atoms with Crippen LogP contribution in [0.15, 0.2) is 41.0 Å². The Morgan fingerprint density at radius 1 is 1.26 bits per heavy atom. The molecule has 0 saturated carbocycles. The molecule has 0 spiro atoms. The van der Waals surface area contributed by atoms with E-state index >= 15 is 0 Å². The molecule has 2 rings (SSSR count). The molecule has 0 unspecified atom stereocenters. The summed E-state index contributed by atoms with van der Waals surface area (Å²) in [6, 6.07) is 9.70. The number of halogens is 2. The molecule has 0 aliphatic heterocycles. The van der Waals surface area contributed by atoms with Crippen molar-refractivity contribution in [3.8, 4) is 5.88 Å². The molecule has 0 bridgehead atoms. The standard InChI is InChI=1S/C14H14BrClN2O/c1-19-14-10(3-2-6-18-14)8-17-9-11-7-12(15)4-5-13(11)16/h2-7,17H,8-9H2,1H3. The van der Waals surface area contributed by atoms with Gasteiger partial charge in [0.25, 0.3) is 0 Å². The first-order valence-electron chi connectivity index (χ1n) is 5.83. The Morgan fingerprint density at radius 2 is 2.05 bits per heavy atom. The van der Waals surface area contributed by atoms with Gasteiger partial charge in [-0.2, -0.15) is 0 Å². The first kappa shape index (κ1) is 14.3. The highest BCUT2D eigenvalue weighted by atomic mass is 79.9. The molecule has 1 aromatic heterocycles. The number of rotatable bonds is 5. The van der Waals surface area contributed by atoms with Crippen molar-refractivity contribution in [1.29, 1.82) is 0 Å². The quantitative estimate of drug-likeness (QED) is 0.898. The van der Waals surface area contributed by atoms with Gasteiger partial charge in [0.05, 0.1) is 7.11 Å². The second kappa shape index (κ2) is 6.89. The number of hydrogen-bond acceptors (Lipinski definition) is 3. The lowest BCUT2D eigenvalue weighted by molar-refractivity contribution is 0.390. The lowest BCUT2D eigenvalue weighted by Crippen LogP contribution is -2.14. The fraction of sp³-hybridized carbons (Fsp3) is 0.214. The molecular weight excluding hydrogens is 328 g/mol. The fourth-order valence-corrected chi connectivity index (χ4v) is 2.35. The van der Waals surface area contributed by atoms with Crippen molar-refractivity contribution in [1.82, 2.24) is 10.3 Å². The number of nitrogens with zero attached hydrogens (tertiary/aromatic N) is 1. The van der Waals surface area contributed by atoms with Crippen LogP contribution in [0.3, 0.4) is 0 Å². The minimum Gasteiger partial charge on any atom is -0.481 e. The Hall–Kier alpha value is -1.10. The Morgan fingerprint density at radius 3 is 2.84 bits per heavy atom. The van der Waals surface area contributed by atoms with E-state index in [4.69, 9.17) is 16.3 Å². The highest BCUT2D eigenvalue weighted by molar-refractivity contribution is 9.10. The molecule has 5 heteroatoms. The second-order valence-corrected chi connectivity index (χ2v) is 5.33. The summed E-state index contributed by atoms with van der Waals surface area (Å²) >= 11 is 9.58. The summed E-state index contributed by atoms with van der Waals surface area (Å²) in [7, 11) is 1.62. The third-order valence-electron chi connectivity index (χ3n) is 2.68. The van der Waals surface area contributed by atoms with Crippen LogP contribution in [0.5, 0.6) is 5.88 Å². The highest BCUT2D eigenvalue weighted by Gasteiger charge is 2.04. The van der Waals surface area contributed by atoms with Gasteiger partial charge in [-0.05, 0) is 29.8 Å². The van der Waals surface area contributed by atoms with E-state index in [0.29, 0.717) is 19.0 Å². The van der Waals surface area contributed by atoms with E-state index < -0.39 is 0 Å². The summed E-state index contributed by atoms with van der Waals surface area (Å²) < 4.78 is 6.23. The van der Waals surface area contributed by atoms with E-state index in [-0.39, 0.29) is 0 Å². The molecule has 1 N–H and O–H groups in total. The minimum absolute atomic E-state index is 0.648. The summed E-state index contributed by atoms with van der Waals surface area (Å²) in [6.45, 7) is 1.37. The molecule has 3 nitrogen and oxygen atoms in total. The van der Waals surface area contributed by atoms with E-state index in [0.717, 1.165) is 20.6 Å². The molecule has 19 heavy (non-hydrogen) atoms. The van der Waals surface area contributed by atoms with Gasteiger partial charge in [-0.3, -0.25) is 0 Å². The van der Waals surface area contributed by atoms with E-state index in [1.807, 2.05) is 30.3 Å². The smallest absolute Gasteiger partial charge is 0.217 e. The van der Waals surface area contributed by atoms with E-state index in [2.05, 4.69) is 26.2 Å². The number of nitrogens with one attached hydrogen (secondary N) is 1. The van der Waals surface area contributed by atoms with Gasteiger partial charge in [-0.1, -0.05) is 33.6 Å². The van der Waals surface area contributed by atoms with Crippen molar-refractivity contribution in [2.45, 2.75) is 13.1 Å². The molecule has 2 aromatic rings. The second-order valence-electron chi connectivity index (χ2n) is 4.01. The van der Waals surface area contributed by atoms with Gasteiger partial charge in [-0.25, -0.2) is 4.98 Å². The molecule has 1 heterocycles. The average Bonchev–Trinajstić information content (AvgIpc) is 2.43. The topological polar surface area (TPSA) is 34.1 Å². The molecular formula is C14H14BrClN2O. The molecule has 0 saturated heterocycles. The maximum atomic E-state index is 6.14. The van der Waals surface area contributed by atoms with Gasteiger partial charge < -0.3 is 10.1 Å². The van der Waals surface area contributed by atoms with Gasteiger partial charge in [0.2, 0.25) is 5.88 Å². The Kier molecular flexibility index (Phi) is 5.19. The molecule has 0 atom stereocenters. The maximum Gasteiger partial charge on any atom is 0.217 e. The zero-order valence-electron chi connectivity index (χ0n) is 10.5. The monoisotopic (exact) mass is 340 g/mol. The van der Waals surface area contributed by atoms with Crippen LogP contribution in [0.1, 0.15) is 11.1 Å². The van der Waals surface area contributed by atoms with Crippen LogP contribution in [-0.4, -0.2) is 12.1 Å².